The van der Waals surface area contributed by atoms with Crippen LogP contribution in [0.15, 0.2) is 29.6 Å². The number of thiazole rings is 1. The summed E-state index contributed by atoms with van der Waals surface area (Å²) in [4.78, 5) is 15.1. The lowest BCUT2D eigenvalue weighted by atomic mass is 10.2. The number of anilines is 1. The largest absolute Gasteiger partial charge is 0.453 e. The molecule has 0 aliphatic carbocycles. The molecule has 1 amide bonds. The van der Waals surface area contributed by atoms with Gasteiger partial charge in [0.1, 0.15) is 5.82 Å². The topological polar surface area (TPSA) is 51.2 Å². The Labute approximate surface area is 101 Å². The molecule has 0 atom stereocenters. The zero-order chi connectivity index (χ0) is 12.3. The van der Waals surface area contributed by atoms with Crippen LogP contribution in [0, 0.1) is 5.82 Å². The minimum Gasteiger partial charge on any atom is -0.453 e. The smallest absolute Gasteiger partial charge is 0.413 e. The van der Waals surface area contributed by atoms with Gasteiger partial charge in [0.05, 0.1) is 12.8 Å². The van der Waals surface area contributed by atoms with Crippen LogP contribution in [-0.4, -0.2) is 18.2 Å². The van der Waals surface area contributed by atoms with Crippen molar-refractivity contribution in [3.05, 3.63) is 35.5 Å². The van der Waals surface area contributed by atoms with Crippen molar-refractivity contribution in [3.8, 4) is 11.3 Å². The van der Waals surface area contributed by atoms with E-state index in [1.807, 2.05) is 0 Å². The third-order valence-corrected chi connectivity index (χ3v) is 2.80. The molecule has 0 spiro atoms. The lowest BCUT2D eigenvalue weighted by Gasteiger charge is -1.98. The summed E-state index contributed by atoms with van der Waals surface area (Å²) in [5.41, 5.74) is 1.47. The van der Waals surface area contributed by atoms with Crippen LogP contribution in [0.5, 0.6) is 0 Å². The van der Waals surface area contributed by atoms with Gasteiger partial charge < -0.3 is 4.74 Å². The number of benzene rings is 1. The molecule has 88 valence electrons. The molecule has 0 saturated carbocycles. The Balaban J connectivity index is 2.18. The molecule has 0 saturated heterocycles. The number of nitrogens with one attached hydrogen (secondary N) is 1. The number of halogens is 1. The number of carbonyl (C=O) groups is 1. The molecule has 0 radical (unpaired) electrons. The summed E-state index contributed by atoms with van der Waals surface area (Å²) in [6, 6.07) is 5.99. The molecule has 1 aromatic carbocycles. The molecule has 4 nitrogen and oxygen atoms in total. The number of hydrogen-bond acceptors (Lipinski definition) is 4. The average Bonchev–Trinajstić information content (AvgIpc) is 2.78. The van der Waals surface area contributed by atoms with Gasteiger partial charge in [0, 0.05) is 10.9 Å². The Morgan fingerprint density at radius 2 is 2.12 bits per heavy atom. The standard InChI is InChI=1S/C11H9FN2O2S/c1-16-11(15)14-10-13-9(6-17-10)7-2-4-8(12)5-3-7/h2-6H,1H3,(H,13,14,15). The van der Waals surface area contributed by atoms with Crippen LogP contribution in [0.2, 0.25) is 0 Å². The Hall–Kier alpha value is -1.95. The van der Waals surface area contributed by atoms with Gasteiger partial charge in [0.2, 0.25) is 0 Å². The number of carbonyl (C=O) groups excluding carboxylic acids is 1. The summed E-state index contributed by atoms with van der Waals surface area (Å²) in [6.45, 7) is 0. The molecule has 0 aliphatic rings. The number of aromatic nitrogens is 1. The first-order valence-electron chi connectivity index (χ1n) is 4.75. The first-order valence-corrected chi connectivity index (χ1v) is 5.63. The maximum atomic E-state index is 12.7. The molecule has 2 aromatic rings. The molecular formula is C11H9FN2O2S. The number of methoxy groups -OCH3 is 1. The van der Waals surface area contributed by atoms with Crippen LogP contribution >= 0.6 is 11.3 Å². The van der Waals surface area contributed by atoms with Crippen LogP contribution in [-0.2, 0) is 4.74 Å². The minimum absolute atomic E-state index is 0.295. The van der Waals surface area contributed by atoms with Gasteiger partial charge in [0.25, 0.3) is 0 Å². The van der Waals surface area contributed by atoms with Crippen molar-refractivity contribution in [2.24, 2.45) is 0 Å². The van der Waals surface area contributed by atoms with Crippen LogP contribution in [0.25, 0.3) is 11.3 Å². The van der Waals surface area contributed by atoms with Crippen molar-refractivity contribution in [2.75, 3.05) is 12.4 Å². The van der Waals surface area contributed by atoms with Gasteiger partial charge in [-0.15, -0.1) is 11.3 Å². The number of ether oxygens (including phenoxy) is 1. The Kier molecular flexibility index (Phi) is 3.34. The van der Waals surface area contributed by atoms with E-state index in [1.165, 1.54) is 30.6 Å². The summed E-state index contributed by atoms with van der Waals surface area (Å²) >= 11 is 1.28. The summed E-state index contributed by atoms with van der Waals surface area (Å²) in [5, 5.41) is 4.68. The zero-order valence-corrected chi connectivity index (χ0v) is 9.75. The number of nitrogens with zero attached hydrogens (tertiary/aromatic N) is 1. The molecule has 0 aliphatic heterocycles. The quantitative estimate of drug-likeness (QED) is 0.893. The number of rotatable bonds is 2. The van der Waals surface area contributed by atoms with E-state index in [1.54, 1.807) is 17.5 Å². The van der Waals surface area contributed by atoms with E-state index in [0.29, 0.717) is 10.8 Å². The van der Waals surface area contributed by atoms with Crippen molar-refractivity contribution in [3.63, 3.8) is 0 Å². The van der Waals surface area contributed by atoms with Gasteiger partial charge in [-0.3, -0.25) is 5.32 Å². The van der Waals surface area contributed by atoms with Gasteiger partial charge in [-0.1, -0.05) is 0 Å². The minimum atomic E-state index is -0.565. The highest BCUT2D eigenvalue weighted by Crippen LogP contribution is 2.24. The first-order chi connectivity index (χ1) is 8.19. The molecule has 6 heteroatoms. The second-order valence-corrected chi connectivity index (χ2v) is 4.02. The van der Waals surface area contributed by atoms with Crippen LogP contribution in [0.4, 0.5) is 14.3 Å². The number of amides is 1. The predicted molar refractivity (Wildman–Crippen MR) is 63.5 cm³/mol. The molecule has 0 unspecified atom stereocenters. The highest BCUT2D eigenvalue weighted by molar-refractivity contribution is 7.14. The third-order valence-electron chi connectivity index (χ3n) is 2.04. The molecule has 1 N–H and O–H groups in total. The van der Waals surface area contributed by atoms with Crippen molar-refractivity contribution in [2.45, 2.75) is 0 Å². The van der Waals surface area contributed by atoms with E-state index >= 15 is 0 Å². The van der Waals surface area contributed by atoms with E-state index in [2.05, 4.69) is 15.0 Å². The second-order valence-electron chi connectivity index (χ2n) is 3.16. The van der Waals surface area contributed by atoms with Gasteiger partial charge >= 0.3 is 6.09 Å². The fourth-order valence-electron chi connectivity index (χ4n) is 1.22. The Morgan fingerprint density at radius 1 is 1.41 bits per heavy atom. The molecule has 1 aromatic heterocycles. The predicted octanol–water partition coefficient (Wildman–Crippen LogP) is 3.13. The van der Waals surface area contributed by atoms with E-state index < -0.39 is 6.09 Å². The van der Waals surface area contributed by atoms with Crippen LogP contribution < -0.4 is 5.32 Å². The van der Waals surface area contributed by atoms with Crippen LogP contribution in [0.1, 0.15) is 0 Å². The SMILES string of the molecule is COC(=O)Nc1nc(-c2ccc(F)cc2)cs1. The fourth-order valence-corrected chi connectivity index (χ4v) is 1.93. The van der Waals surface area contributed by atoms with Crippen molar-refractivity contribution in [1.29, 1.82) is 0 Å². The summed E-state index contributed by atoms with van der Waals surface area (Å²) in [5.74, 6) is -0.295. The van der Waals surface area contributed by atoms with E-state index in [-0.39, 0.29) is 5.82 Å². The van der Waals surface area contributed by atoms with Crippen molar-refractivity contribution in [1.82, 2.24) is 4.98 Å². The highest BCUT2D eigenvalue weighted by Gasteiger charge is 2.07. The lowest BCUT2D eigenvalue weighted by molar-refractivity contribution is 0.187. The van der Waals surface area contributed by atoms with Gasteiger partial charge in [0.15, 0.2) is 5.13 Å². The van der Waals surface area contributed by atoms with E-state index in [0.717, 1.165) is 5.56 Å². The first kappa shape index (κ1) is 11.5. The normalized spacial score (nSPS) is 10.0. The number of hydrogen-bond donors (Lipinski definition) is 1. The molecule has 2 rings (SSSR count). The molecule has 1 heterocycles. The molecule has 0 bridgehead atoms. The van der Waals surface area contributed by atoms with Gasteiger partial charge in [-0.2, -0.15) is 0 Å². The van der Waals surface area contributed by atoms with E-state index in [4.69, 9.17) is 0 Å². The summed E-state index contributed by atoms with van der Waals surface area (Å²) < 4.78 is 17.2. The zero-order valence-electron chi connectivity index (χ0n) is 8.94. The molecule has 17 heavy (non-hydrogen) atoms. The Bertz CT molecular complexity index is 525. The van der Waals surface area contributed by atoms with Gasteiger partial charge in [-0.25, -0.2) is 14.2 Å². The summed E-state index contributed by atoms with van der Waals surface area (Å²) in [6.07, 6.45) is -0.565. The molecule has 0 fully saturated rings. The fraction of sp³-hybridized carbons (Fsp3) is 0.0909. The Morgan fingerprint density at radius 3 is 2.76 bits per heavy atom. The van der Waals surface area contributed by atoms with E-state index in [9.17, 15) is 9.18 Å². The average molecular weight is 252 g/mol. The maximum absolute atomic E-state index is 12.7. The van der Waals surface area contributed by atoms with Crippen molar-refractivity contribution >= 4 is 22.6 Å². The second kappa shape index (κ2) is 4.92. The monoisotopic (exact) mass is 252 g/mol. The van der Waals surface area contributed by atoms with Gasteiger partial charge in [-0.05, 0) is 24.3 Å². The lowest BCUT2D eigenvalue weighted by Crippen LogP contribution is -2.10. The third kappa shape index (κ3) is 2.79. The van der Waals surface area contributed by atoms with Crippen molar-refractivity contribution < 1.29 is 13.9 Å². The molecular weight excluding hydrogens is 243 g/mol. The summed E-state index contributed by atoms with van der Waals surface area (Å²) in [7, 11) is 1.28. The maximum Gasteiger partial charge on any atom is 0.413 e. The van der Waals surface area contributed by atoms with Crippen LogP contribution in [0.3, 0.4) is 0 Å². The highest BCUT2D eigenvalue weighted by atomic mass is 32.1.